The predicted molar refractivity (Wildman–Crippen MR) is 73.6 cm³/mol. The molecule has 0 aliphatic carbocycles. The lowest BCUT2D eigenvalue weighted by Gasteiger charge is -2.26. The first-order valence-electron chi connectivity index (χ1n) is 6.55. The third kappa shape index (κ3) is 3.33. The fourth-order valence-electron chi connectivity index (χ4n) is 2.47. The molecule has 0 radical (unpaired) electrons. The molecule has 6 nitrogen and oxygen atoms in total. The molecule has 1 aromatic heterocycles. The molecular formula is C13H20N4O2. The second-order valence-corrected chi connectivity index (χ2v) is 5.05. The van der Waals surface area contributed by atoms with Crippen molar-refractivity contribution < 1.29 is 9.90 Å². The number of rotatable bonds is 5. The Kier molecular flexibility index (Phi) is 4.19. The van der Waals surface area contributed by atoms with E-state index in [9.17, 15) is 4.79 Å². The SMILES string of the molecule is CN(C)c1cc(N2CCCC2CCC(=O)O)ncn1. The maximum atomic E-state index is 10.7. The fraction of sp³-hybridized carbons (Fsp3) is 0.615. The van der Waals surface area contributed by atoms with E-state index in [0.29, 0.717) is 6.42 Å². The number of hydrogen-bond donors (Lipinski definition) is 1. The van der Waals surface area contributed by atoms with Crippen LogP contribution in [0.25, 0.3) is 0 Å². The summed E-state index contributed by atoms with van der Waals surface area (Å²) >= 11 is 0. The molecule has 0 amide bonds. The van der Waals surface area contributed by atoms with Crippen LogP contribution in [0.4, 0.5) is 11.6 Å². The third-order valence-electron chi connectivity index (χ3n) is 3.46. The van der Waals surface area contributed by atoms with E-state index in [4.69, 9.17) is 5.11 Å². The zero-order valence-corrected chi connectivity index (χ0v) is 11.4. The molecule has 1 aliphatic heterocycles. The second-order valence-electron chi connectivity index (χ2n) is 5.05. The van der Waals surface area contributed by atoms with Gasteiger partial charge in [0.1, 0.15) is 18.0 Å². The van der Waals surface area contributed by atoms with E-state index in [-0.39, 0.29) is 12.5 Å². The molecule has 1 aliphatic rings. The molecule has 0 spiro atoms. The van der Waals surface area contributed by atoms with E-state index >= 15 is 0 Å². The van der Waals surface area contributed by atoms with Gasteiger partial charge in [0.25, 0.3) is 0 Å². The Morgan fingerprint density at radius 3 is 3.00 bits per heavy atom. The Balaban J connectivity index is 2.10. The summed E-state index contributed by atoms with van der Waals surface area (Å²) in [4.78, 5) is 23.4. The van der Waals surface area contributed by atoms with Crippen LogP contribution < -0.4 is 9.80 Å². The maximum Gasteiger partial charge on any atom is 0.303 e. The molecule has 1 N–H and O–H groups in total. The van der Waals surface area contributed by atoms with E-state index in [1.54, 1.807) is 6.33 Å². The smallest absolute Gasteiger partial charge is 0.303 e. The summed E-state index contributed by atoms with van der Waals surface area (Å²) in [7, 11) is 3.88. The Morgan fingerprint density at radius 1 is 1.53 bits per heavy atom. The highest BCUT2D eigenvalue weighted by Gasteiger charge is 2.26. The zero-order valence-electron chi connectivity index (χ0n) is 11.4. The lowest BCUT2D eigenvalue weighted by atomic mass is 10.1. The third-order valence-corrected chi connectivity index (χ3v) is 3.46. The summed E-state index contributed by atoms with van der Waals surface area (Å²) in [5.74, 6) is 1.03. The average molecular weight is 264 g/mol. The van der Waals surface area contributed by atoms with Crippen molar-refractivity contribution in [1.82, 2.24) is 9.97 Å². The summed E-state index contributed by atoms with van der Waals surface area (Å²) in [6, 6.07) is 2.24. The molecule has 6 heteroatoms. The van der Waals surface area contributed by atoms with Crippen molar-refractivity contribution in [2.75, 3.05) is 30.4 Å². The minimum atomic E-state index is -0.733. The predicted octanol–water partition coefficient (Wildman–Crippen LogP) is 1.38. The standard InChI is InChI=1S/C13H20N4O2/c1-16(2)11-8-12(15-9-14-11)17-7-3-4-10(17)5-6-13(18)19/h8-10H,3-7H2,1-2H3,(H,18,19). The number of hydrogen-bond acceptors (Lipinski definition) is 5. The van der Waals surface area contributed by atoms with Crippen LogP contribution in [0.2, 0.25) is 0 Å². The minimum Gasteiger partial charge on any atom is -0.481 e. The van der Waals surface area contributed by atoms with Gasteiger partial charge in [0.2, 0.25) is 0 Å². The van der Waals surface area contributed by atoms with Crippen molar-refractivity contribution in [2.24, 2.45) is 0 Å². The molecule has 0 bridgehead atoms. The van der Waals surface area contributed by atoms with E-state index in [1.165, 1.54) is 0 Å². The van der Waals surface area contributed by atoms with E-state index < -0.39 is 5.97 Å². The molecule has 1 fully saturated rings. The van der Waals surface area contributed by atoms with Crippen molar-refractivity contribution >= 4 is 17.6 Å². The normalized spacial score (nSPS) is 18.6. The molecule has 1 saturated heterocycles. The molecule has 0 aromatic carbocycles. The van der Waals surface area contributed by atoms with Crippen LogP contribution >= 0.6 is 0 Å². The van der Waals surface area contributed by atoms with Crippen LogP contribution in [0.3, 0.4) is 0 Å². The lowest BCUT2D eigenvalue weighted by Crippen LogP contribution is -2.30. The number of anilines is 2. The average Bonchev–Trinajstić information content (AvgIpc) is 2.84. The van der Waals surface area contributed by atoms with E-state index in [2.05, 4.69) is 14.9 Å². The summed E-state index contributed by atoms with van der Waals surface area (Å²) < 4.78 is 0. The van der Waals surface area contributed by atoms with Gasteiger partial charge in [-0.1, -0.05) is 0 Å². The Hall–Kier alpha value is -1.85. The van der Waals surface area contributed by atoms with Crippen LogP contribution in [0, 0.1) is 0 Å². The Morgan fingerprint density at radius 2 is 2.32 bits per heavy atom. The molecule has 19 heavy (non-hydrogen) atoms. The molecule has 104 valence electrons. The first-order chi connectivity index (χ1) is 9.08. The van der Waals surface area contributed by atoms with Crippen molar-refractivity contribution in [1.29, 1.82) is 0 Å². The fourth-order valence-corrected chi connectivity index (χ4v) is 2.47. The van der Waals surface area contributed by atoms with E-state index in [0.717, 1.165) is 31.0 Å². The molecule has 1 aromatic rings. The monoisotopic (exact) mass is 264 g/mol. The molecular weight excluding hydrogens is 244 g/mol. The first-order valence-corrected chi connectivity index (χ1v) is 6.55. The quantitative estimate of drug-likeness (QED) is 0.866. The highest BCUT2D eigenvalue weighted by Crippen LogP contribution is 2.27. The van der Waals surface area contributed by atoms with Crippen molar-refractivity contribution in [3.8, 4) is 0 Å². The van der Waals surface area contributed by atoms with Gasteiger partial charge >= 0.3 is 5.97 Å². The van der Waals surface area contributed by atoms with Gasteiger partial charge in [-0.15, -0.1) is 0 Å². The van der Waals surface area contributed by atoms with Crippen LogP contribution in [-0.4, -0.2) is 47.7 Å². The Labute approximate surface area is 113 Å². The van der Waals surface area contributed by atoms with Gasteiger partial charge < -0.3 is 14.9 Å². The van der Waals surface area contributed by atoms with Crippen LogP contribution in [-0.2, 0) is 4.79 Å². The number of nitrogens with zero attached hydrogens (tertiary/aromatic N) is 4. The van der Waals surface area contributed by atoms with Crippen molar-refractivity contribution in [3.63, 3.8) is 0 Å². The van der Waals surface area contributed by atoms with Gasteiger partial charge in [-0.2, -0.15) is 0 Å². The lowest BCUT2D eigenvalue weighted by molar-refractivity contribution is -0.137. The summed E-state index contributed by atoms with van der Waals surface area (Å²) in [5, 5.41) is 8.80. The summed E-state index contributed by atoms with van der Waals surface area (Å²) in [6.07, 6.45) is 4.58. The minimum absolute atomic E-state index is 0.215. The molecule has 2 rings (SSSR count). The summed E-state index contributed by atoms with van der Waals surface area (Å²) in [5.41, 5.74) is 0. The van der Waals surface area contributed by atoms with Gasteiger partial charge in [-0.3, -0.25) is 4.79 Å². The highest BCUT2D eigenvalue weighted by molar-refractivity contribution is 5.66. The number of carboxylic acids is 1. The topological polar surface area (TPSA) is 69.6 Å². The number of carbonyl (C=O) groups is 1. The zero-order chi connectivity index (χ0) is 13.8. The number of carboxylic acid groups (broad SMARTS) is 1. The number of aromatic nitrogens is 2. The van der Waals surface area contributed by atoms with Gasteiger partial charge in [0.05, 0.1) is 0 Å². The Bertz CT molecular complexity index is 450. The molecule has 1 atom stereocenters. The molecule has 0 saturated carbocycles. The summed E-state index contributed by atoms with van der Waals surface area (Å²) in [6.45, 7) is 0.939. The van der Waals surface area contributed by atoms with Crippen molar-refractivity contribution in [2.45, 2.75) is 31.7 Å². The largest absolute Gasteiger partial charge is 0.481 e. The first kappa shape index (κ1) is 13.6. The number of aliphatic carboxylic acids is 1. The highest BCUT2D eigenvalue weighted by atomic mass is 16.4. The van der Waals surface area contributed by atoms with Crippen LogP contribution in [0.15, 0.2) is 12.4 Å². The van der Waals surface area contributed by atoms with E-state index in [1.807, 2.05) is 25.1 Å². The van der Waals surface area contributed by atoms with Crippen LogP contribution in [0.1, 0.15) is 25.7 Å². The molecule has 2 heterocycles. The van der Waals surface area contributed by atoms with Gasteiger partial charge in [-0.25, -0.2) is 9.97 Å². The van der Waals surface area contributed by atoms with Crippen LogP contribution in [0.5, 0.6) is 0 Å². The van der Waals surface area contributed by atoms with Gasteiger partial charge in [0, 0.05) is 39.2 Å². The van der Waals surface area contributed by atoms with Crippen molar-refractivity contribution in [3.05, 3.63) is 12.4 Å². The second kappa shape index (κ2) is 5.86. The van der Waals surface area contributed by atoms with Gasteiger partial charge in [-0.05, 0) is 19.3 Å². The maximum absolute atomic E-state index is 10.7. The molecule has 1 unspecified atom stereocenters. The van der Waals surface area contributed by atoms with Gasteiger partial charge in [0.15, 0.2) is 0 Å².